The lowest BCUT2D eigenvalue weighted by atomic mass is 9.79. The minimum atomic E-state index is -4.22. The largest absolute Gasteiger partial charge is 0.462 e. The molecule has 2 aromatic heterocycles. The third-order valence-corrected chi connectivity index (χ3v) is 7.92. The van der Waals surface area contributed by atoms with Crippen molar-refractivity contribution in [3.8, 4) is 11.8 Å². The monoisotopic (exact) mass is 558 g/mol. The maximum Gasteiger partial charge on any atom is 0.459 e. The zero-order valence-corrected chi connectivity index (χ0v) is 22.8. The molecule has 1 fully saturated rings. The Labute approximate surface area is 225 Å². The summed E-state index contributed by atoms with van der Waals surface area (Å²) in [6, 6.07) is 12.7. The highest BCUT2D eigenvalue weighted by atomic mass is 31.2. The first kappa shape index (κ1) is 28.5. The van der Waals surface area contributed by atoms with Crippen LogP contribution in [0.3, 0.4) is 0 Å². The summed E-state index contributed by atoms with van der Waals surface area (Å²) in [5.41, 5.74) is 5.50. The molecule has 6 atom stereocenters. The molecule has 14 heteroatoms. The normalized spacial score (nSPS) is 25.2. The number of carbonyl (C=O) groups is 1. The quantitative estimate of drug-likeness (QED) is 0.245. The molecule has 1 saturated heterocycles. The first-order valence-corrected chi connectivity index (χ1v) is 13.8. The van der Waals surface area contributed by atoms with Crippen LogP contribution in [-0.4, -0.2) is 56.6 Å². The summed E-state index contributed by atoms with van der Waals surface area (Å²) < 4.78 is 37.9. The van der Waals surface area contributed by atoms with Crippen LogP contribution in [0.5, 0.6) is 5.75 Å². The maximum absolute atomic E-state index is 13.8. The van der Waals surface area contributed by atoms with Gasteiger partial charge in [-0.25, -0.2) is 14.1 Å². The average Bonchev–Trinajstić information content (AvgIpc) is 3.43. The molecule has 1 aromatic carbocycles. The molecule has 4 rings (SSSR count). The first-order valence-electron chi connectivity index (χ1n) is 12.3. The lowest BCUT2D eigenvalue weighted by molar-refractivity contribution is -0.149. The van der Waals surface area contributed by atoms with Crippen LogP contribution < -0.4 is 15.3 Å². The number of hydrogen-bond acceptors (Lipinski definition) is 11. The van der Waals surface area contributed by atoms with E-state index in [2.05, 4.69) is 21.2 Å². The molecule has 0 bridgehead atoms. The van der Waals surface area contributed by atoms with Crippen molar-refractivity contribution in [2.24, 2.45) is 5.41 Å². The van der Waals surface area contributed by atoms with Gasteiger partial charge in [-0.2, -0.15) is 15.4 Å². The van der Waals surface area contributed by atoms with E-state index in [0.29, 0.717) is 11.2 Å². The minimum Gasteiger partial charge on any atom is -0.462 e. The van der Waals surface area contributed by atoms with Gasteiger partial charge in [-0.1, -0.05) is 18.2 Å². The van der Waals surface area contributed by atoms with Gasteiger partial charge in [0.25, 0.3) is 0 Å². The number of nitrogens with one attached hydrogen (secondary N) is 1. The van der Waals surface area contributed by atoms with Crippen molar-refractivity contribution >= 4 is 25.1 Å². The van der Waals surface area contributed by atoms with E-state index in [4.69, 9.17) is 24.3 Å². The Morgan fingerprint density at radius 1 is 1.31 bits per heavy atom. The van der Waals surface area contributed by atoms with Crippen molar-refractivity contribution in [3.63, 3.8) is 0 Å². The van der Waals surface area contributed by atoms with E-state index in [1.807, 2.05) is 0 Å². The second-order valence-corrected chi connectivity index (χ2v) is 11.3. The molecule has 13 nitrogen and oxygen atoms in total. The van der Waals surface area contributed by atoms with Crippen molar-refractivity contribution in [1.29, 1.82) is 5.26 Å². The number of carbonyl (C=O) groups excluding carboxylic acids is 1. The molecule has 6 unspecified atom stereocenters. The molecule has 1 aliphatic rings. The Morgan fingerprint density at radius 3 is 2.69 bits per heavy atom. The summed E-state index contributed by atoms with van der Waals surface area (Å²) in [6.45, 7) is 5.96. The first-order chi connectivity index (χ1) is 18.5. The summed E-state index contributed by atoms with van der Waals surface area (Å²) in [5.74, 6) is -0.188. The van der Waals surface area contributed by atoms with Crippen LogP contribution in [0.25, 0.3) is 5.52 Å². The van der Waals surface area contributed by atoms with Crippen molar-refractivity contribution in [1.82, 2.24) is 19.7 Å². The fourth-order valence-electron chi connectivity index (χ4n) is 4.24. The lowest BCUT2D eigenvalue weighted by Gasteiger charge is -2.26. The number of benzene rings is 1. The average molecular weight is 559 g/mol. The van der Waals surface area contributed by atoms with Crippen molar-refractivity contribution in [3.05, 3.63) is 54.5 Å². The number of fused-ring (bicyclic) bond motifs is 1. The van der Waals surface area contributed by atoms with Gasteiger partial charge in [-0.05, 0) is 52.0 Å². The molecule has 39 heavy (non-hydrogen) atoms. The highest BCUT2D eigenvalue weighted by Gasteiger charge is 2.55. The molecule has 3 aromatic rings. The fourth-order valence-corrected chi connectivity index (χ4v) is 5.74. The second kappa shape index (κ2) is 11.3. The van der Waals surface area contributed by atoms with Crippen molar-refractivity contribution in [2.45, 2.75) is 58.2 Å². The van der Waals surface area contributed by atoms with Gasteiger partial charge >= 0.3 is 13.7 Å². The Morgan fingerprint density at radius 2 is 2.03 bits per heavy atom. The van der Waals surface area contributed by atoms with Gasteiger partial charge in [-0.3, -0.25) is 9.32 Å². The van der Waals surface area contributed by atoms with Crippen LogP contribution in [0.15, 0.2) is 48.8 Å². The number of anilines is 1. The maximum atomic E-state index is 13.8. The van der Waals surface area contributed by atoms with E-state index in [1.165, 1.54) is 17.8 Å². The van der Waals surface area contributed by atoms with E-state index in [9.17, 15) is 19.7 Å². The van der Waals surface area contributed by atoms with Gasteiger partial charge in [0.05, 0.1) is 24.5 Å². The van der Waals surface area contributed by atoms with E-state index in [0.717, 1.165) is 0 Å². The van der Waals surface area contributed by atoms with E-state index in [1.54, 1.807) is 63.2 Å². The summed E-state index contributed by atoms with van der Waals surface area (Å²) in [4.78, 5) is 16.3. The fraction of sp³-hybridized carbons (Fsp3) is 0.440. The summed E-state index contributed by atoms with van der Waals surface area (Å²) in [6.07, 6.45) is -2.48. The van der Waals surface area contributed by atoms with Gasteiger partial charge in [0, 0.05) is 0 Å². The Bertz CT molecular complexity index is 1410. The number of nitriles is 1. The molecule has 0 amide bonds. The van der Waals surface area contributed by atoms with E-state index >= 15 is 0 Å². The molecule has 0 spiro atoms. The topological polar surface area (TPSA) is 183 Å². The molecule has 0 aliphatic carbocycles. The van der Waals surface area contributed by atoms with Gasteiger partial charge in [0.2, 0.25) is 0 Å². The lowest BCUT2D eigenvalue weighted by Crippen LogP contribution is -2.39. The van der Waals surface area contributed by atoms with Gasteiger partial charge in [-0.15, -0.1) is 0 Å². The zero-order chi connectivity index (χ0) is 28.4. The number of nitrogen functional groups attached to an aromatic ring is 1. The van der Waals surface area contributed by atoms with Gasteiger partial charge in [0.15, 0.2) is 5.82 Å². The number of aromatic nitrogens is 3. The Kier molecular flexibility index (Phi) is 8.25. The minimum absolute atomic E-state index is 0.224. The number of aliphatic hydroxyl groups excluding tert-OH is 1. The predicted octanol–water partition coefficient (Wildman–Crippen LogP) is 2.78. The number of rotatable bonds is 10. The zero-order valence-electron chi connectivity index (χ0n) is 21.9. The van der Waals surface area contributed by atoms with Crippen LogP contribution in [0.1, 0.15) is 39.5 Å². The third kappa shape index (κ3) is 5.90. The molecule has 208 valence electrons. The van der Waals surface area contributed by atoms with Crippen LogP contribution in [0, 0.1) is 16.7 Å². The smallest absolute Gasteiger partial charge is 0.459 e. The molecule has 3 heterocycles. The SMILES string of the molecule is CC(C)OC(=O)C(C)NP(=O)(OCC1OC(c2ccc3c(N)ncnn23)C(C)(C#N)C1O)Oc1ccccc1. The number of hydrogen-bond donors (Lipinski definition) is 3. The number of esters is 1. The molecule has 0 radical (unpaired) electrons. The molecule has 0 saturated carbocycles. The second-order valence-electron chi connectivity index (χ2n) is 9.63. The van der Waals surface area contributed by atoms with Gasteiger partial charge < -0.3 is 24.8 Å². The van der Waals surface area contributed by atoms with E-state index in [-0.39, 0.29) is 17.7 Å². The number of nitrogens with two attached hydrogens (primary N) is 1. The van der Waals surface area contributed by atoms with Crippen molar-refractivity contribution < 1.29 is 33.0 Å². The van der Waals surface area contributed by atoms with Crippen LogP contribution >= 0.6 is 7.75 Å². The van der Waals surface area contributed by atoms with Crippen molar-refractivity contribution in [2.75, 3.05) is 12.3 Å². The molecular formula is C25H31N6O7P. The summed E-state index contributed by atoms with van der Waals surface area (Å²) in [5, 5.41) is 28.0. The standard InChI is InChI=1S/C25H31N6O7P/c1-15(2)36-24(33)16(3)30-39(34,38-17-8-6-5-7-9-17)35-12-20-21(32)25(4,13-26)22(37-20)18-10-11-19-23(27)28-14-29-31(18)19/h5-11,14-16,20-22,32H,12H2,1-4H3,(H,30,34)(H2,27,28,29). The molecular weight excluding hydrogens is 527 g/mol. The van der Waals surface area contributed by atoms with Gasteiger partial charge in [0.1, 0.15) is 47.4 Å². The highest BCUT2D eigenvalue weighted by Crippen LogP contribution is 2.50. The van der Waals surface area contributed by atoms with Crippen LogP contribution in [-0.2, 0) is 23.4 Å². The number of ether oxygens (including phenoxy) is 2. The number of para-hydroxylation sites is 1. The van der Waals surface area contributed by atoms with Crippen LogP contribution in [0.2, 0.25) is 0 Å². The Hall–Kier alpha value is -3.53. The van der Waals surface area contributed by atoms with Crippen LogP contribution in [0.4, 0.5) is 5.82 Å². The Balaban J connectivity index is 1.57. The predicted molar refractivity (Wildman–Crippen MR) is 139 cm³/mol. The summed E-state index contributed by atoms with van der Waals surface area (Å²) >= 11 is 0. The highest BCUT2D eigenvalue weighted by molar-refractivity contribution is 7.52. The number of nitrogens with zero attached hydrogens (tertiary/aromatic N) is 4. The summed E-state index contributed by atoms with van der Waals surface area (Å²) in [7, 11) is -4.22. The third-order valence-electron chi connectivity index (χ3n) is 6.28. The number of aliphatic hydroxyl groups is 1. The molecule has 4 N–H and O–H groups in total. The van der Waals surface area contributed by atoms with E-state index < -0.39 is 50.1 Å². The molecule has 1 aliphatic heterocycles.